The van der Waals surface area contributed by atoms with E-state index in [0.29, 0.717) is 5.41 Å². The molecule has 1 saturated carbocycles. The Bertz CT molecular complexity index is 240. The molecular weight excluding hydrogens is 236 g/mol. The average Bonchev–Trinajstić information content (AvgIpc) is 2.94. The van der Waals surface area contributed by atoms with E-state index in [4.69, 9.17) is 0 Å². The number of hydrogen-bond donors (Lipinski definition) is 2. The van der Waals surface area contributed by atoms with Crippen LogP contribution in [0.2, 0.25) is 0 Å². The highest BCUT2D eigenvalue weighted by atomic mass is 35.5. The fourth-order valence-electron chi connectivity index (χ4n) is 2.34. The van der Waals surface area contributed by atoms with Gasteiger partial charge in [0.25, 0.3) is 0 Å². The number of amides is 1. The normalized spacial score (nSPS) is 18.4. The summed E-state index contributed by atoms with van der Waals surface area (Å²) in [6, 6.07) is 0. The molecule has 0 radical (unpaired) electrons. The minimum Gasteiger partial charge on any atom is -0.355 e. The van der Waals surface area contributed by atoms with Crippen LogP contribution in [0.25, 0.3) is 0 Å². The summed E-state index contributed by atoms with van der Waals surface area (Å²) in [5.41, 5.74) is 0.434. The first kappa shape index (κ1) is 16.7. The van der Waals surface area contributed by atoms with E-state index in [-0.39, 0.29) is 24.2 Å². The largest absolute Gasteiger partial charge is 0.355 e. The number of rotatable bonds is 7. The highest BCUT2D eigenvalue weighted by molar-refractivity contribution is 5.85. The van der Waals surface area contributed by atoms with Crippen molar-refractivity contribution in [2.75, 3.05) is 20.1 Å². The van der Waals surface area contributed by atoms with Crippen molar-refractivity contribution < 1.29 is 4.79 Å². The predicted octanol–water partition coefficient (Wildman–Crippen LogP) is 2.21. The maximum absolute atomic E-state index is 11.7. The van der Waals surface area contributed by atoms with Gasteiger partial charge in [-0.25, -0.2) is 0 Å². The quantitative estimate of drug-likeness (QED) is 0.739. The van der Waals surface area contributed by atoms with Crippen LogP contribution in [0.4, 0.5) is 0 Å². The lowest BCUT2D eigenvalue weighted by atomic mass is 9.94. The van der Waals surface area contributed by atoms with Crippen molar-refractivity contribution in [1.29, 1.82) is 0 Å². The van der Waals surface area contributed by atoms with Gasteiger partial charge in [-0.1, -0.05) is 20.8 Å². The minimum absolute atomic E-state index is 0. The van der Waals surface area contributed by atoms with Gasteiger partial charge in [-0.3, -0.25) is 4.79 Å². The second kappa shape index (κ2) is 7.22. The molecule has 0 heterocycles. The van der Waals surface area contributed by atoms with E-state index in [1.807, 2.05) is 14.0 Å². The van der Waals surface area contributed by atoms with Gasteiger partial charge in [0, 0.05) is 19.0 Å². The third-order valence-corrected chi connectivity index (χ3v) is 3.39. The van der Waals surface area contributed by atoms with Crippen LogP contribution in [0.3, 0.4) is 0 Å². The van der Waals surface area contributed by atoms with Crippen molar-refractivity contribution in [3.63, 3.8) is 0 Å². The Labute approximate surface area is 112 Å². The number of carbonyl (C=O) groups excluding carboxylic acids is 1. The molecule has 3 nitrogen and oxygen atoms in total. The zero-order valence-corrected chi connectivity index (χ0v) is 12.3. The lowest BCUT2D eigenvalue weighted by Crippen LogP contribution is -2.37. The fourth-order valence-corrected chi connectivity index (χ4v) is 2.34. The summed E-state index contributed by atoms with van der Waals surface area (Å²) in [5, 5.41) is 6.13. The van der Waals surface area contributed by atoms with Gasteiger partial charge in [-0.2, -0.15) is 0 Å². The van der Waals surface area contributed by atoms with Crippen molar-refractivity contribution in [2.24, 2.45) is 17.3 Å². The molecule has 4 heteroatoms. The highest BCUT2D eigenvalue weighted by Crippen LogP contribution is 2.49. The zero-order valence-electron chi connectivity index (χ0n) is 11.5. The third kappa shape index (κ3) is 5.73. The van der Waals surface area contributed by atoms with E-state index in [0.717, 1.165) is 19.0 Å². The Morgan fingerprint density at radius 2 is 1.88 bits per heavy atom. The molecule has 0 aromatic rings. The van der Waals surface area contributed by atoms with Crippen LogP contribution in [-0.2, 0) is 4.79 Å². The highest BCUT2D eigenvalue weighted by Gasteiger charge is 2.42. The first-order chi connectivity index (χ1) is 7.49. The molecule has 0 saturated heterocycles. The lowest BCUT2D eigenvalue weighted by molar-refractivity contribution is -0.124. The fraction of sp³-hybridized carbons (Fsp3) is 0.923. The van der Waals surface area contributed by atoms with Gasteiger partial charge >= 0.3 is 0 Å². The molecule has 1 amide bonds. The topological polar surface area (TPSA) is 41.1 Å². The lowest BCUT2D eigenvalue weighted by Gasteiger charge is -2.19. The second-order valence-corrected chi connectivity index (χ2v) is 5.77. The predicted molar refractivity (Wildman–Crippen MR) is 74.5 cm³/mol. The minimum atomic E-state index is 0. The number of nitrogens with one attached hydrogen (secondary N) is 2. The average molecular weight is 263 g/mol. The Morgan fingerprint density at radius 1 is 1.29 bits per heavy atom. The van der Waals surface area contributed by atoms with Crippen molar-refractivity contribution in [3.05, 3.63) is 0 Å². The van der Waals surface area contributed by atoms with E-state index >= 15 is 0 Å². The van der Waals surface area contributed by atoms with Gasteiger partial charge < -0.3 is 10.6 Å². The molecule has 0 bridgehead atoms. The van der Waals surface area contributed by atoms with E-state index in [1.165, 1.54) is 19.3 Å². The summed E-state index contributed by atoms with van der Waals surface area (Å²) in [6.45, 7) is 8.10. The number of carbonyl (C=O) groups is 1. The molecule has 0 aromatic heterocycles. The Balaban J connectivity index is 0.00000256. The van der Waals surface area contributed by atoms with Gasteiger partial charge in [0.05, 0.1) is 0 Å². The standard InChI is InChI=1S/C13H26N2O.ClH/c1-10(2)7-13(5-6-13)9-15-12(16)11(3)8-14-4;/h10-11,14H,5-9H2,1-4H3,(H,15,16);1H. The monoisotopic (exact) mass is 262 g/mol. The van der Waals surface area contributed by atoms with Crippen molar-refractivity contribution in [2.45, 2.75) is 40.0 Å². The van der Waals surface area contributed by atoms with Crippen LogP contribution in [-0.4, -0.2) is 26.0 Å². The summed E-state index contributed by atoms with van der Waals surface area (Å²) in [6.07, 6.45) is 3.81. The van der Waals surface area contributed by atoms with Crippen molar-refractivity contribution in [1.82, 2.24) is 10.6 Å². The second-order valence-electron chi connectivity index (χ2n) is 5.77. The van der Waals surface area contributed by atoms with Crippen molar-refractivity contribution in [3.8, 4) is 0 Å². The van der Waals surface area contributed by atoms with Crippen LogP contribution >= 0.6 is 12.4 Å². The molecule has 1 aliphatic rings. The van der Waals surface area contributed by atoms with Gasteiger partial charge in [0.15, 0.2) is 0 Å². The van der Waals surface area contributed by atoms with Crippen LogP contribution in [0, 0.1) is 17.3 Å². The molecule has 1 unspecified atom stereocenters. The molecule has 1 aliphatic carbocycles. The first-order valence-electron chi connectivity index (χ1n) is 6.41. The summed E-state index contributed by atoms with van der Waals surface area (Å²) in [4.78, 5) is 11.7. The molecule has 1 atom stereocenters. The van der Waals surface area contributed by atoms with E-state index in [2.05, 4.69) is 24.5 Å². The maximum Gasteiger partial charge on any atom is 0.224 e. The van der Waals surface area contributed by atoms with E-state index in [1.54, 1.807) is 0 Å². The van der Waals surface area contributed by atoms with Crippen molar-refractivity contribution >= 4 is 18.3 Å². The van der Waals surface area contributed by atoms with Gasteiger partial charge in [-0.15, -0.1) is 12.4 Å². The molecule has 102 valence electrons. The molecular formula is C13H27ClN2O. The maximum atomic E-state index is 11.7. The van der Waals surface area contributed by atoms with Gasteiger partial charge in [0.2, 0.25) is 5.91 Å². The number of halogens is 1. The van der Waals surface area contributed by atoms with Crippen LogP contribution < -0.4 is 10.6 Å². The summed E-state index contributed by atoms with van der Waals surface area (Å²) >= 11 is 0. The molecule has 17 heavy (non-hydrogen) atoms. The zero-order chi connectivity index (χ0) is 12.2. The Hall–Kier alpha value is -0.280. The van der Waals surface area contributed by atoms with Crippen LogP contribution in [0.5, 0.6) is 0 Å². The Morgan fingerprint density at radius 3 is 2.29 bits per heavy atom. The first-order valence-corrected chi connectivity index (χ1v) is 6.41. The molecule has 2 N–H and O–H groups in total. The summed E-state index contributed by atoms with van der Waals surface area (Å²) in [5.74, 6) is 0.985. The molecule has 0 aliphatic heterocycles. The Kier molecular flexibility index (Phi) is 7.10. The SMILES string of the molecule is CNCC(C)C(=O)NCC1(CC(C)C)CC1.Cl. The molecule has 1 rings (SSSR count). The summed E-state index contributed by atoms with van der Waals surface area (Å²) in [7, 11) is 1.88. The third-order valence-electron chi connectivity index (χ3n) is 3.39. The van der Waals surface area contributed by atoms with Gasteiger partial charge in [0.1, 0.15) is 0 Å². The van der Waals surface area contributed by atoms with E-state index < -0.39 is 0 Å². The number of hydrogen-bond acceptors (Lipinski definition) is 2. The summed E-state index contributed by atoms with van der Waals surface area (Å²) < 4.78 is 0. The van der Waals surface area contributed by atoms with Crippen LogP contribution in [0.1, 0.15) is 40.0 Å². The van der Waals surface area contributed by atoms with Gasteiger partial charge in [-0.05, 0) is 37.6 Å². The smallest absolute Gasteiger partial charge is 0.224 e. The van der Waals surface area contributed by atoms with E-state index in [9.17, 15) is 4.79 Å². The molecule has 0 spiro atoms. The van der Waals surface area contributed by atoms with Crippen LogP contribution in [0.15, 0.2) is 0 Å². The molecule has 0 aromatic carbocycles. The molecule has 1 fully saturated rings.